The minimum Gasteiger partial charge on any atom is -0.444 e. The minimum atomic E-state index is -0.637. The highest BCUT2D eigenvalue weighted by Crippen LogP contribution is 2.29. The number of amides is 4. The van der Waals surface area contributed by atoms with Crippen molar-refractivity contribution in [1.29, 1.82) is 0 Å². The van der Waals surface area contributed by atoms with Crippen LogP contribution in [0.2, 0.25) is 0 Å². The smallest absolute Gasteiger partial charge is 0.414 e. The van der Waals surface area contributed by atoms with Crippen molar-refractivity contribution in [3.8, 4) is 0 Å². The van der Waals surface area contributed by atoms with Crippen LogP contribution < -0.4 is 15.1 Å². The third-order valence-electron chi connectivity index (χ3n) is 6.79. The van der Waals surface area contributed by atoms with Crippen LogP contribution in [0, 0.1) is 5.82 Å². The second-order valence-electron chi connectivity index (χ2n) is 10.8. The molecule has 3 heterocycles. The van der Waals surface area contributed by atoms with Crippen LogP contribution in [0.1, 0.15) is 40.5 Å². The molecule has 3 aliphatic heterocycles. The van der Waals surface area contributed by atoms with E-state index in [-0.39, 0.29) is 24.9 Å². The number of hydrogen-bond acceptors (Lipinski definition) is 7. The molecule has 3 aliphatic rings. The molecule has 3 fully saturated rings. The monoisotopic (exact) mass is 533 g/mol. The Morgan fingerprint density at radius 2 is 1.84 bits per heavy atom. The number of benzene rings is 1. The van der Waals surface area contributed by atoms with Gasteiger partial charge in [-0.1, -0.05) is 0 Å². The summed E-state index contributed by atoms with van der Waals surface area (Å²) >= 11 is 0. The first-order valence-electron chi connectivity index (χ1n) is 13.0. The molecule has 2 atom stereocenters. The Labute approximate surface area is 221 Å². The first-order chi connectivity index (χ1) is 17.9. The summed E-state index contributed by atoms with van der Waals surface area (Å²) in [4.78, 5) is 55.6. The van der Waals surface area contributed by atoms with Crippen LogP contribution in [-0.2, 0) is 19.1 Å². The second kappa shape index (κ2) is 11.0. The normalized spacial score (nSPS) is 22.0. The molecule has 3 saturated heterocycles. The lowest BCUT2D eigenvalue weighted by Gasteiger charge is -2.38. The van der Waals surface area contributed by atoms with Gasteiger partial charge in [0.1, 0.15) is 23.6 Å². The average molecular weight is 534 g/mol. The first kappa shape index (κ1) is 27.5. The van der Waals surface area contributed by atoms with E-state index >= 15 is 4.39 Å². The van der Waals surface area contributed by atoms with Gasteiger partial charge in [-0.05, 0) is 51.8 Å². The summed E-state index contributed by atoms with van der Waals surface area (Å²) in [7, 11) is 0. The second-order valence-corrected chi connectivity index (χ2v) is 10.8. The largest absolute Gasteiger partial charge is 0.444 e. The molecule has 1 N–H and O–H groups in total. The molecule has 1 aromatic carbocycles. The number of halogens is 1. The molecule has 208 valence electrons. The maximum absolute atomic E-state index is 15.1. The van der Waals surface area contributed by atoms with Gasteiger partial charge in [0.15, 0.2) is 0 Å². The molecule has 12 heteroatoms. The van der Waals surface area contributed by atoms with Crippen molar-refractivity contribution in [3.05, 3.63) is 24.0 Å². The van der Waals surface area contributed by atoms with E-state index in [1.165, 1.54) is 22.8 Å². The molecule has 1 aromatic rings. The Morgan fingerprint density at radius 1 is 1.13 bits per heavy atom. The van der Waals surface area contributed by atoms with E-state index in [4.69, 9.17) is 9.47 Å². The Kier molecular flexibility index (Phi) is 7.98. The summed E-state index contributed by atoms with van der Waals surface area (Å²) in [6.45, 7) is 9.34. The molecule has 4 amide bonds. The van der Waals surface area contributed by atoms with Gasteiger partial charge in [-0.25, -0.2) is 14.0 Å². The summed E-state index contributed by atoms with van der Waals surface area (Å²) in [5, 5.41) is 2.61. The van der Waals surface area contributed by atoms with Crippen molar-refractivity contribution in [2.75, 3.05) is 55.6 Å². The van der Waals surface area contributed by atoms with Gasteiger partial charge < -0.3 is 24.6 Å². The summed E-state index contributed by atoms with van der Waals surface area (Å²) in [6, 6.07) is 4.04. The summed E-state index contributed by atoms with van der Waals surface area (Å²) in [5.41, 5.74) is 0.125. The zero-order valence-electron chi connectivity index (χ0n) is 22.4. The molecular weight excluding hydrogens is 497 g/mol. The predicted octanol–water partition coefficient (Wildman–Crippen LogP) is 2.34. The Balaban J connectivity index is 1.34. The Morgan fingerprint density at radius 3 is 2.47 bits per heavy atom. The van der Waals surface area contributed by atoms with E-state index in [0.29, 0.717) is 50.5 Å². The van der Waals surface area contributed by atoms with E-state index in [1.54, 1.807) is 37.8 Å². The SMILES string of the molecule is CC(=O)NCC1CN(c2ccc(N3CCN(C(=O)C4CCCN4C(=O)OC(C)(C)C)CC3)c(F)c2)C(=O)O1. The van der Waals surface area contributed by atoms with Crippen LogP contribution in [0.25, 0.3) is 0 Å². The number of anilines is 2. The number of nitrogens with one attached hydrogen (secondary N) is 1. The molecule has 0 aliphatic carbocycles. The summed E-state index contributed by atoms with van der Waals surface area (Å²) < 4.78 is 25.9. The standard InChI is InChI=1S/C26H36FN5O6/c1-17(33)28-15-19-16-32(24(35)37-19)18-7-8-21(20(27)14-18)29-10-12-30(13-11-29)23(34)22-6-5-9-31(22)25(36)38-26(2,3)4/h7-8,14,19,22H,5-6,9-13,15-16H2,1-4H3,(H,28,33). The molecule has 38 heavy (non-hydrogen) atoms. The lowest BCUT2D eigenvalue weighted by molar-refractivity contribution is -0.136. The van der Waals surface area contributed by atoms with Crippen LogP contribution in [-0.4, -0.2) is 97.4 Å². The zero-order valence-corrected chi connectivity index (χ0v) is 22.4. The average Bonchev–Trinajstić information content (AvgIpc) is 3.48. The van der Waals surface area contributed by atoms with Gasteiger partial charge in [-0.2, -0.15) is 0 Å². The van der Waals surface area contributed by atoms with Crippen molar-refractivity contribution in [2.24, 2.45) is 0 Å². The lowest BCUT2D eigenvalue weighted by atomic mass is 10.1. The van der Waals surface area contributed by atoms with Crippen molar-refractivity contribution < 1.29 is 33.0 Å². The molecule has 0 bridgehead atoms. The van der Waals surface area contributed by atoms with Crippen molar-refractivity contribution in [3.63, 3.8) is 0 Å². The van der Waals surface area contributed by atoms with Gasteiger partial charge in [0.25, 0.3) is 0 Å². The number of hydrogen-bond donors (Lipinski definition) is 1. The predicted molar refractivity (Wildman–Crippen MR) is 137 cm³/mol. The lowest BCUT2D eigenvalue weighted by Crippen LogP contribution is -2.55. The van der Waals surface area contributed by atoms with Gasteiger partial charge in [0.2, 0.25) is 11.8 Å². The molecular formula is C26H36FN5O6. The summed E-state index contributed by atoms with van der Waals surface area (Å²) in [5.74, 6) is -0.808. The number of ether oxygens (including phenoxy) is 2. The van der Waals surface area contributed by atoms with E-state index in [9.17, 15) is 19.2 Å². The molecule has 0 radical (unpaired) electrons. The Bertz CT molecular complexity index is 1080. The number of carbonyl (C=O) groups excluding carboxylic acids is 4. The van der Waals surface area contributed by atoms with Crippen LogP contribution in [0.3, 0.4) is 0 Å². The zero-order chi connectivity index (χ0) is 27.6. The van der Waals surface area contributed by atoms with Crippen LogP contribution in [0.4, 0.5) is 25.4 Å². The third-order valence-corrected chi connectivity index (χ3v) is 6.79. The Hall–Kier alpha value is -3.57. The highest BCUT2D eigenvalue weighted by atomic mass is 19.1. The van der Waals surface area contributed by atoms with Crippen LogP contribution in [0.15, 0.2) is 18.2 Å². The third kappa shape index (κ3) is 6.28. The highest BCUT2D eigenvalue weighted by molar-refractivity contribution is 5.90. The number of likely N-dealkylation sites (tertiary alicyclic amines) is 1. The first-order valence-corrected chi connectivity index (χ1v) is 13.0. The van der Waals surface area contributed by atoms with E-state index in [1.807, 2.05) is 4.90 Å². The quantitative estimate of drug-likeness (QED) is 0.618. The number of piperazine rings is 1. The maximum Gasteiger partial charge on any atom is 0.414 e. The van der Waals surface area contributed by atoms with E-state index < -0.39 is 35.8 Å². The fourth-order valence-corrected chi connectivity index (χ4v) is 4.96. The van der Waals surface area contributed by atoms with Gasteiger partial charge in [-0.3, -0.25) is 19.4 Å². The molecule has 4 rings (SSSR count). The molecule has 11 nitrogen and oxygen atoms in total. The molecule has 2 unspecified atom stereocenters. The van der Waals surface area contributed by atoms with Crippen LogP contribution >= 0.6 is 0 Å². The minimum absolute atomic E-state index is 0.106. The van der Waals surface area contributed by atoms with Crippen molar-refractivity contribution in [2.45, 2.75) is 58.3 Å². The molecule has 0 saturated carbocycles. The number of rotatable bonds is 5. The number of cyclic esters (lactones) is 1. The van der Waals surface area contributed by atoms with Gasteiger partial charge in [0.05, 0.1) is 24.5 Å². The number of carbonyl (C=O) groups is 4. The summed E-state index contributed by atoms with van der Waals surface area (Å²) in [6.07, 6.45) is -0.236. The van der Waals surface area contributed by atoms with Gasteiger partial charge in [0, 0.05) is 39.6 Å². The van der Waals surface area contributed by atoms with Crippen molar-refractivity contribution >= 4 is 35.4 Å². The highest BCUT2D eigenvalue weighted by Gasteiger charge is 2.39. The topological polar surface area (TPSA) is 112 Å². The van der Waals surface area contributed by atoms with E-state index in [2.05, 4.69) is 5.32 Å². The van der Waals surface area contributed by atoms with Crippen molar-refractivity contribution in [1.82, 2.24) is 15.1 Å². The van der Waals surface area contributed by atoms with Crippen LogP contribution in [0.5, 0.6) is 0 Å². The fourth-order valence-electron chi connectivity index (χ4n) is 4.96. The maximum atomic E-state index is 15.1. The van der Waals surface area contributed by atoms with E-state index in [0.717, 1.165) is 6.42 Å². The van der Waals surface area contributed by atoms with Gasteiger partial charge >= 0.3 is 12.2 Å². The molecule has 0 spiro atoms. The number of nitrogens with zero attached hydrogens (tertiary/aromatic N) is 4. The molecule has 0 aromatic heterocycles. The van der Waals surface area contributed by atoms with Gasteiger partial charge in [-0.15, -0.1) is 0 Å². The fraction of sp³-hybridized carbons (Fsp3) is 0.615.